The number of hydrogen-bond donors (Lipinski definition) is 2. The predicted molar refractivity (Wildman–Crippen MR) is 80.7 cm³/mol. The van der Waals surface area contributed by atoms with Crippen molar-refractivity contribution in [2.24, 2.45) is 0 Å². The summed E-state index contributed by atoms with van der Waals surface area (Å²) in [4.78, 5) is 11.4. The summed E-state index contributed by atoms with van der Waals surface area (Å²) >= 11 is 0. The molecule has 0 aliphatic carbocycles. The number of rotatable bonds is 3. The van der Waals surface area contributed by atoms with Gasteiger partial charge in [0.2, 0.25) is 0 Å². The van der Waals surface area contributed by atoms with Gasteiger partial charge in [0.1, 0.15) is 11.9 Å². The molecule has 0 fully saturated rings. The molecule has 1 aliphatic heterocycles. The fraction of sp³-hybridized carbons (Fsp3) is 0.400. The minimum absolute atomic E-state index is 0.105. The van der Waals surface area contributed by atoms with Crippen LogP contribution in [0, 0.1) is 0 Å². The lowest BCUT2D eigenvalue weighted by atomic mass is 9.96. The summed E-state index contributed by atoms with van der Waals surface area (Å²) in [5.74, 6) is 1.02. The van der Waals surface area contributed by atoms with E-state index in [1.165, 1.54) is 14.2 Å². The zero-order chi connectivity index (χ0) is 17.5. The lowest BCUT2D eigenvalue weighted by Gasteiger charge is -2.34. The summed E-state index contributed by atoms with van der Waals surface area (Å²) in [6.45, 7) is 0. The van der Waals surface area contributed by atoms with Crippen molar-refractivity contribution < 1.29 is 22.6 Å². The Hall–Kier alpha value is -2.58. The first kappa shape index (κ1) is 16.3. The van der Waals surface area contributed by atoms with Gasteiger partial charge >= 0.3 is 6.18 Å². The maximum Gasteiger partial charge on any atom is 0.410 e. The van der Waals surface area contributed by atoms with Crippen molar-refractivity contribution in [3.8, 4) is 11.5 Å². The number of anilines is 1. The zero-order valence-corrected chi connectivity index (χ0v) is 13.0. The first-order valence-electron chi connectivity index (χ1n) is 7.20. The van der Waals surface area contributed by atoms with E-state index in [0.29, 0.717) is 17.1 Å². The maximum absolute atomic E-state index is 13.4. The van der Waals surface area contributed by atoms with Crippen LogP contribution in [0.1, 0.15) is 24.1 Å². The molecule has 130 valence electrons. The van der Waals surface area contributed by atoms with Gasteiger partial charge in [0.15, 0.2) is 11.5 Å². The summed E-state index contributed by atoms with van der Waals surface area (Å²) < 4.78 is 51.3. The van der Waals surface area contributed by atoms with Gasteiger partial charge in [0.05, 0.1) is 20.3 Å². The van der Waals surface area contributed by atoms with Crippen molar-refractivity contribution >= 4 is 5.82 Å². The number of benzene rings is 1. The number of alkyl halides is 3. The van der Waals surface area contributed by atoms with Crippen LogP contribution in [0.2, 0.25) is 0 Å². The smallest absolute Gasteiger partial charge is 0.410 e. The summed E-state index contributed by atoms with van der Waals surface area (Å²) in [6, 6.07) is 3.63. The van der Waals surface area contributed by atoms with Crippen LogP contribution in [0.5, 0.6) is 11.5 Å². The third kappa shape index (κ3) is 2.81. The highest BCUT2D eigenvalue weighted by Crippen LogP contribution is 2.43. The molecule has 24 heavy (non-hydrogen) atoms. The summed E-state index contributed by atoms with van der Waals surface area (Å²) in [5, 5.41) is 5.16. The fourth-order valence-corrected chi connectivity index (χ4v) is 2.90. The second kappa shape index (κ2) is 5.81. The number of halogens is 3. The van der Waals surface area contributed by atoms with Crippen LogP contribution < -0.4 is 20.3 Å². The van der Waals surface area contributed by atoms with Crippen LogP contribution in [-0.4, -0.2) is 30.2 Å². The minimum atomic E-state index is -4.48. The molecule has 2 N–H and O–H groups in total. The first-order chi connectivity index (χ1) is 11.3. The van der Waals surface area contributed by atoms with E-state index in [0.717, 1.165) is 10.7 Å². The Balaban J connectivity index is 2.00. The molecule has 0 saturated carbocycles. The van der Waals surface area contributed by atoms with E-state index in [4.69, 9.17) is 9.47 Å². The Kier molecular flexibility index (Phi) is 3.94. The minimum Gasteiger partial charge on any atom is -0.493 e. The molecule has 0 bridgehead atoms. The molecule has 9 heteroatoms. The number of aromatic nitrogens is 2. The van der Waals surface area contributed by atoms with Crippen LogP contribution >= 0.6 is 0 Å². The first-order valence-corrected chi connectivity index (χ1v) is 7.20. The molecular formula is C15H16F3N3O3. The molecule has 1 aliphatic rings. The molecule has 3 rings (SSSR count). The van der Waals surface area contributed by atoms with E-state index in [1.807, 2.05) is 0 Å². The quantitative estimate of drug-likeness (QED) is 0.899. The van der Waals surface area contributed by atoms with Crippen LogP contribution in [0.3, 0.4) is 0 Å². The number of fused-ring (bicyclic) bond motifs is 1. The third-order valence-electron chi connectivity index (χ3n) is 4.04. The van der Waals surface area contributed by atoms with Crippen molar-refractivity contribution in [3.63, 3.8) is 0 Å². The van der Waals surface area contributed by atoms with E-state index >= 15 is 0 Å². The molecule has 6 nitrogen and oxygen atoms in total. The normalized spacial score (nSPS) is 20.2. The summed E-state index contributed by atoms with van der Waals surface area (Å²) in [6.07, 6.45) is -4.73. The van der Waals surface area contributed by atoms with Gasteiger partial charge in [-0.25, -0.2) is 0 Å². The van der Waals surface area contributed by atoms with Gasteiger partial charge in [-0.1, -0.05) is 6.07 Å². The lowest BCUT2D eigenvalue weighted by Crippen LogP contribution is -2.36. The second-order valence-corrected chi connectivity index (χ2v) is 5.48. The van der Waals surface area contributed by atoms with Gasteiger partial charge in [-0.05, 0) is 17.7 Å². The average Bonchev–Trinajstić information content (AvgIpc) is 2.92. The molecular weight excluding hydrogens is 327 g/mol. The molecule has 1 aromatic heterocycles. The second-order valence-electron chi connectivity index (χ2n) is 5.48. The number of ether oxygens (including phenoxy) is 2. The van der Waals surface area contributed by atoms with E-state index in [2.05, 4.69) is 10.4 Å². The van der Waals surface area contributed by atoms with Gasteiger partial charge in [-0.15, -0.1) is 0 Å². The predicted octanol–water partition coefficient (Wildman–Crippen LogP) is 2.85. The number of hydrogen-bond acceptors (Lipinski definition) is 4. The Labute approximate surface area is 135 Å². The van der Waals surface area contributed by atoms with Gasteiger partial charge in [0.25, 0.3) is 5.56 Å². The number of nitrogens with one attached hydrogen (secondary N) is 2. The number of nitrogens with zero attached hydrogens (tertiary/aromatic N) is 1. The summed E-state index contributed by atoms with van der Waals surface area (Å²) in [7, 11) is 2.94. The summed E-state index contributed by atoms with van der Waals surface area (Å²) in [5.41, 5.74) is 0.0292. The van der Waals surface area contributed by atoms with Gasteiger partial charge in [0, 0.05) is 12.5 Å². The van der Waals surface area contributed by atoms with Gasteiger partial charge < -0.3 is 14.8 Å². The highest BCUT2D eigenvalue weighted by molar-refractivity contribution is 5.47. The molecule has 0 radical (unpaired) electrons. The number of aromatic amines is 1. The van der Waals surface area contributed by atoms with Crippen molar-refractivity contribution in [2.75, 3.05) is 19.5 Å². The SMILES string of the molecule is COc1ccc([C@@H]2C[C@H](C(F)(F)F)n3[nH]c(=O)cc3N2)cc1OC. The Morgan fingerprint density at radius 1 is 1.17 bits per heavy atom. The largest absolute Gasteiger partial charge is 0.493 e. The highest BCUT2D eigenvalue weighted by Gasteiger charge is 2.46. The van der Waals surface area contributed by atoms with Crippen LogP contribution in [-0.2, 0) is 0 Å². The lowest BCUT2D eigenvalue weighted by molar-refractivity contribution is -0.173. The molecule has 2 atom stereocenters. The van der Waals surface area contributed by atoms with Gasteiger partial charge in [-0.3, -0.25) is 14.6 Å². The molecule has 0 amide bonds. The molecule has 2 aromatic rings. The van der Waals surface area contributed by atoms with Crippen LogP contribution in [0.25, 0.3) is 0 Å². The van der Waals surface area contributed by atoms with Crippen molar-refractivity contribution in [1.29, 1.82) is 0 Å². The standard InChI is InChI=1S/C15H16F3N3O3/c1-23-10-4-3-8(5-11(10)24-2)9-6-12(15(16,17)18)21-13(19-9)7-14(22)20-21/h3-5,7,9,12,19H,6H2,1-2H3,(H,20,22)/t9-,12+/m0/s1. The average molecular weight is 343 g/mol. The third-order valence-corrected chi connectivity index (χ3v) is 4.04. The fourth-order valence-electron chi connectivity index (χ4n) is 2.90. The van der Waals surface area contributed by atoms with E-state index in [-0.39, 0.29) is 12.2 Å². The van der Waals surface area contributed by atoms with E-state index < -0.39 is 23.8 Å². The number of methoxy groups -OCH3 is 2. The monoisotopic (exact) mass is 343 g/mol. The van der Waals surface area contributed by atoms with Crippen molar-refractivity contribution in [3.05, 3.63) is 40.2 Å². The molecule has 2 heterocycles. The van der Waals surface area contributed by atoms with Gasteiger partial charge in [-0.2, -0.15) is 13.2 Å². The Bertz CT molecular complexity index is 797. The van der Waals surface area contributed by atoms with E-state index in [9.17, 15) is 18.0 Å². The molecule has 0 saturated heterocycles. The molecule has 0 spiro atoms. The van der Waals surface area contributed by atoms with Crippen molar-refractivity contribution in [1.82, 2.24) is 9.78 Å². The topological polar surface area (TPSA) is 68.3 Å². The maximum atomic E-state index is 13.4. The van der Waals surface area contributed by atoms with E-state index in [1.54, 1.807) is 18.2 Å². The Morgan fingerprint density at radius 2 is 1.88 bits per heavy atom. The van der Waals surface area contributed by atoms with Crippen LogP contribution in [0.4, 0.5) is 19.0 Å². The molecule has 1 aromatic carbocycles. The molecule has 0 unspecified atom stereocenters. The number of H-pyrrole nitrogens is 1. The van der Waals surface area contributed by atoms with Crippen LogP contribution in [0.15, 0.2) is 29.1 Å². The Morgan fingerprint density at radius 3 is 2.50 bits per heavy atom. The highest BCUT2D eigenvalue weighted by atomic mass is 19.4. The zero-order valence-electron chi connectivity index (χ0n) is 13.0. The van der Waals surface area contributed by atoms with Crippen molar-refractivity contribution in [2.45, 2.75) is 24.7 Å².